The van der Waals surface area contributed by atoms with Crippen LogP contribution >= 0.6 is 0 Å². The number of aldehydes is 1. The molecule has 0 aromatic heterocycles. The van der Waals surface area contributed by atoms with E-state index in [0.29, 0.717) is 0 Å². The summed E-state index contributed by atoms with van der Waals surface area (Å²) in [7, 11) is 0. The molecule has 0 aliphatic heterocycles. The smallest absolute Gasteiger partial charge is 0.127 e. The molecule has 1 heteroatoms. The van der Waals surface area contributed by atoms with Gasteiger partial charge in [0.2, 0.25) is 0 Å². The molecule has 10 fully saturated rings. The van der Waals surface area contributed by atoms with Gasteiger partial charge in [0.1, 0.15) is 6.29 Å². The monoisotopic (exact) mass is 290 g/mol. The maximum Gasteiger partial charge on any atom is 0.127 e. The molecule has 0 N–H and O–H groups in total. The van der Waals surface area contributed by atoms with Crippen molar-refractivity contribution in [2.75, 3.05) is 0 Å². The summed E-state index contributed by atoms with van der Waals surface area (Å²) in [6.45, 7) is 0. The Kier molecular flexibility index (Phi) is 1.00. The Morgan fingerprint density at radius 3 is 1.64 bits per heavy atom. The van der Waals surface area contributed by atoms with Gasteiger partial charge in [0.25, 0.3) is 0 Å². The molecule has 0 bridgehead atoms. The average molecular weight is 290 g/mol. The Balaban J connectivity index is 1.48. The molecule has 18 atom stereocenters. The van der Waals surface area contributed by atoms with Crippen LogP contribution in [0.15, 0.2) is 0 Å². The molecule has 0 saturated heterocycles. The maximum absolute atomic E-state index is 12.7. The van der Waals surface area contributed by atoms with Gasteiger partial charge in [-0.1, -0.05) is 0 Å². The highest BCUT2D eigenvalue weighted by molar-refractivity contribution is 5.68. The number of hydrogen-bond donors (Lipinski definition) is 0. The Labute approximate surface area is 130 Å². The molecule has 0 aromatic carbocycles. The molecule has 10 aliphatic carbocycles. The van der Waals surface area contributed by atoms with Gasteiger partial charge in [-0.3, -0.25) is 0 Å². The number of carbonyl (C=O) groups excluding carboxylic acids is 1. The van der Waals surface area contributed by atoms with E-state index in [1.54, 1.807) is 19.1 Å². The summed E-state index contributed by atoms with van der Waals surface area (Å²) in [6.07, 6.45) is 4.81. The van der Waals surface area contributed by atoms with Crippen molar-refractivity contribution in [1.82, 2.24) is 0 Å². The summed E-state index contributed by atoms with van der Waals surface area (Å²) in [6, 6.07) is 0. The van der Waals surface area contributed by atoms with Gasteiger partial charge in [-0.15, -0.1) is 0 Å². The van der Waals surface area contributed by atoms with Gasteiger partial charge in [0.05, 0.1) is 0 Å². The van der Waals surface area contributed by atoms with Crippen molar-refractivity contribution in [3.05, 3.63) is 0 Å². The Morgan fingerprint density at radius 1 is 0.545 bits per heavy atom. The lowest BCUT2D eigenvalue weighted by Crippen LogP contribution is -2.39. The van der Waals surface area contributed by atoms with Gasteiger partial charge in [0.15, 0.2) is 0 Å². The van der Waals surface area contributed by atoms with E-state index in [-0.39, 0.29) is 5.41 Å². The fourth-order valence-electron chi connectivity index (χ4n) is 14.6. The number of carbonyl (C=O) groups is 1. The van der Waals surface area contributed by atoms with Crippen molar-refractivity contribution < 1.29 is 4.79 Å². The Morgan fingerprint density at radius 2 is 1.09 bits per heavy atom. The summed E-state index contributed by atoms with van der Waals surface area (Å²) in [4.78, 5) is 12.7. The molecular formula is C21H22O. The molecule has 22 heavy (non-hydrogen) atoms. The highest BCUT2D eigenvalue weighted by Crippen LogP contribution is 2.98. The molecule has 0 amide bonds. The summed E-state index contributed by atoms with van der Waals surface area (Å²) >= 11 is 0. The first-order chi connectivity index (χ1) is 10.9. The highest BCUT2D eigenvalue weighted by atomic mass is 16.1. The fraction of sp³-hybridized carbons (Fsp3) is 0.952. The minimum atomic E-state index is 0.241. The van der Waals surface area contributed by atoms with Crippen LogP contribution in [0.3, 0.4) is 0 Å². The number of fused-ring (bicyclic) bond motifs is 4. The topological polar surface area (TPSA) is 17.1 Å². The molecule has 0 radical (unpaired) electrons. The third-order valence-corrected chi connectivity index (χ3v) is 13.0. The van der Waals surface area contributed by atoms with E-state index in [1.165, 1.54) is 11.8 Å². The standard InChI is InChI=1S/C21H22O/c22-3-21-18-6-1-4-8-5-2-7(18)12-10(5)15-13(8)14-9(4)11(6)19(21)16(14)17(15)20(12)21/h3-20H,1-2H2/t4-,5+,6-,7-,8?,9+,10-,11-,12-,13?,14+,15-,16+,17+,18?,19-,20+,21?/m1/s1. The van der Waals surface area contributed by atoms with Gasteiger partial charge < -0.3 is 4.79 Å². The Bertz CT molecular complexity index is 683. The van der Waals surface area contributed by atoms with Gasteiger partial charge >= 0.3 is 0 Å². The van der Waals surface area contributed by atoms with E-state index < -0.39 is 0 Å². The second-order valence-electron chi connectivity index (χ2n) is 11.6. The molecule has 10 saturated carbocycles. The average Bonchev–Trinajstić information content (AvgIpc) is 3.22. The van der Waals surface area contributed by atoms with E-state index in [4.69, 9.17) is 0 Å². The molecule has 0 spiro atoms. The van der Waals surface area contributed by atoms with Gasteiger partial charge in [-0.2, -0.15) is 0 Å². The van der Waals surface area contributed by atoms with Crippen LogP contribution in [0.25, 0.3) is 0 Å². The first-order valence-electron chi connectivity index (χ1n) is 10.4. The molecule has 4 unspecified atom stereocenters. The molecule has 112 valence electrons. The SMILES string of the molecule is O=CC12C3[C@@H]4C[C@@H]5C6C7[C@@H]8[C@@H]5[C@@H]4[C@@H]1[C@@H]8[C@@H]1[C@@H]7[C@H]4[C@H]([C@@H]12)[C@H]3C[C@@H]64. The van der Waals surface area contributed by atoms with Crippen LogP contribution in [0.4, 0.5) is 0 Å². The molecule has 0 heterocycles. The second kappa shape index (κ2) is 2.25. The largest absolute Gasteiger partial charge is 0.303 e. The van der Waals surface area contributed by atoms with Crippen LogP contribution in [0.5, 0.6) is 0 Å². The zero-order valence-electron chi connectivity index (χ0n) is 12.7. The van der Waals surface area contributed by atoms with Crippen molar-refractivity contribution in [2.45, 2.75) is 12.8 Å². The van der Waals surface area contributed by atoms with E-state index in [0.717, 1.165) is 88.8 Å². The zero-order chi connectivity index (χ0) is 13.4. The van der Waals surface area contributed by atoms with Crippen molar-refractivity contribution in [1.29, 1.82) is 0 Å². The summed E-state index contributed by atoms with van der Waals surface area (Å²) in [5.74, 6) is 18.2. The predicted octanol–water partition coefficient (Wildman–Crippen LogP) is 2.56. The zero-order valence-corrected chi connectivity index (χ0v) is 12.7. The predicted molar refractivity (Wildman–Crippen MR) is 77.1 cm³/mol. The minimum Gasteiger partial charge on any atom is -0.303 e. The van der Waals surface area contributed by atoms with E-state index in [2.05, 4.69) is 0 Å². The van der Waals surface area contributed by atoms with Crippen LogP contribution in [0.2, 0.25) is 0 Å². The van der Waals surface area contributed by atoms with Gasteiger partial charge in [-0.05, 0) is 113 Å². The van der Waals surface area contributed by atoms with E-state index >= 15 is 0 Å². The van der Waals surface area contributed by atoms with Crippen LogP contribution in [-0.2, 0) is 4.79 Å². The van der Waals surface area contributed by atoms with Crippen LogP contribution < -0.4 is 0 Å². The van der Waals surface area contributed by atoms with Crippen molar-refractivity contribution in [3.8, 4) is 0 Å². The fourth-order valence-corrected chi connectivity index (χ4v) is 14.6. The van der Waals surface area contributed by atoms with Crippen LogP contribution in [0, 0.1) is 106 Å². The van der Waals surface area contributed by atoms with Crippen LogP contribution in [0.1, 0.15) is 12.8 Å². The Hall–Kier alpha value is -0.330. The normalized spacial score (nSPS) is 94.8. The summed E-state index contributed by atoms with van der Waals surface area (Å²) in [5.41, 5.74) is 0.241. The molecular weight excluding hydrogens is 268 g/mol. The lowest BCUT2D eigenvalue weighted by Gasteiger charge is -2.39. The van der Waals surface area contributed by atoms with Crippen molar-refractivity contribution >= 4 is 6.29 Å². The first kappa shape index (κ1) is 9.84. The third kappa shape index (κ3) is 0.504. The number of hydrogen-bond acceptors (Lipinski definition) is 1. The lowest BCUT2D eigenvalue weighted by atomic mass is 9.64. The third-order valence-electron chi connectivity index (χ3n) is 13.0. The van der Waals surface area contributed by atoms with E-state index in [9.17, 15) is 4.79 Å². The van der Waals surface area contributed by atoms with E-state index in [1.807, 2.05) is 0 Å². The molecule has 1 nitrogen and oxygen atoms in total. The molecule has 10 rings (SSSR count). The summed E-state index contributed by atoms with van der Waals surface area (Å²) in [5, 5.41) is 0. The molecule has 0 aromatic rings. The van der Waals surface area contributed by atoms with Gasteiger partial charge in [0, 0.05) is 5.41 Å². The highest BCUT2D eigenvalue weighted by Gasteiger charge is 2.96. The first-order valence-corrected chi connectivity index (χ1v) is 10.4. The number of rotatable bonds is 1. The van der Waals surface area contributed by atoms with Crippen LogP contribution in [-0.4, -0.2) is 6.29 Å². The molecule has 10 aliphatic rings. The minimum absolute atomic E-state index is 0.241. The lowest BCUT2D eigenvalue weighted by molar-refractivity contribution is -0.122. The van der Waals surface area contributed by atoms with Gasteiger partial charge in [-0.25, -0.2) is 0 Å². The van der Waals surface area contributed by atoms with Crippen molar-refractivity contribution in [3.63, 3.8) is 0 Å². The second-order valence-corrected chi connectivity index (χ2v) is 11.6. The summed E-state index contributed by atoms with van der Waals surface area (Å²) < 4.78 is 0. The van der Waals surface area contributed by atoms with Crippen molar-refractivity contribution in [2.24, 2.45) is 106 Å². The maximum atomic E-state index is 12.7. The quantitative estimate of drug-likeness (QED) is 0.678.